The van der Waals surface area contributed by atoms with E-state index in [4.69, 9.17) is 0 Å². The molecule has 1 aliphatic rings. The first-order valence-electron chi connectivity index (χ1n) is 7.32. The summed E-state index contributed by atoms with van der Waals surface area (Å²) in [5, 5.41) is 0. The average molecular weight is 347 g/mol. The van der Waals surface area contributed by atoms with E-state index < -0.39 is 0 Å². The molecule has 111 valence electrons. The molecule has 1 aromatic rings. The number of carbonyl (C=O) groups is 1. The molecular formula is C18H22NOSe. The Kier molecular flexibility index (Phi) is 5.89. The quantitative estimate of drug-likeness (QED) is 0.749. The van der Waals surface area contributed by atoms with Gasteiger partial charge in [-0.2, -0.15) is 0 Å². The van der Waals surface area contributed by atoms with E-state index in [-0.39, 0.29) is 32.9 Å². The van der Waals surface area contributed by atoms with Gasteiger partial charge in [0.1, 0.15) is 0 Å². The van der Waals surface area contributed by atoms with Crippen LogP contribution in [0.1, 0.15) is 27.7 Å². The Labute approximate surface area is 135 Å². The molecule has 0 saturated heterocycles. The van der Waals surface area contributed by atoms with Gasteiger partial charge >= 0.3 is 135 Å². The van der Waals surface area contributed by atoms with E-state index in [0.29, 0.717) is 0 Å². The minimum absolute atomic E-state index is 0.151. The first kappa shape index (κ1) is 16.6. The van der Waals surface area contributed by atoms with Gasteiger partial charge in [-0.15, -0.1) is 0 Å². The monoisotopic (exact) mass is 348 g/mol. The summed E-state index contributed by atoms with van der Waals surface area (Å²) >= 11 is 0.176. The molecule has 0 spiro atoms. The van der Waals surface area contributed by atoms with Crippen molar-refractivity contribution in [2.24, 2.45) is 0 Å². The molecule has 0 aromatic heterocycles. The van der Waals surface area contributed by atoms with Crippen LogP contribution in [-0.2, 0) is 4.79 Å². The summed E-state index contributed by atoms with van der Waals surface area (Å²) in [6.07, 6.45) is 6.03. The predicted octanol–water partition coefficient (Wildman–Crippen LogP) is 2.39. The van der Waals surface area contributed by atoms with Gasteiger partial charge in [0.25, 0.3) is 0 Å². The van der Waals surface area contributed by atoms with Crippen molar-refractivity contribution in [2.45, 2.75) is 39.8 Å². The molecule has 21 heavy (non-hydrogen) atoms. The summed E-state index contributed by atoms with van der Waals surface area (Å²) in [7, 11) is 0. The zero-order valence-corrected chi connectivity index (χ0v) is 14.8. The van der Waals surface area contributed by atoms with Gasteiger partial charge in [-0.1, -0.05) is 0 Å². The topological polar surface area (TPSA) is 20.3 Å². The number of amides is 1. The van der Waals surface area contributed by atoms with Crippen LogP contribution in [0.4, 0.5) is 0 Å². The third-order valence-electron chi connectivity index (χ3n) is 3.32. The molecule has 2 rings (SSSR count). The zero-order valence-electron chi connectivity index (χ0n) is 13.0. The average Bonchev–Trinajstić information content (AvgIpc) is 2.87. The molecule has 5 radical (unpaired) electrons. The Morgan fingerprint density at radius 3 is 2.19 bits per heavy atom. The molecule has 0 N–H and O–H groups in total. The van der Waals surface area contributed by atoms with Crippen molar-refractivity contribution < 1.29 is 4.79 Å². The van der Waals surface area contributed by atoms with Gasteiger partial charge in [0, 0.05) is 0 Å². The molecule has 0 atom stereocenters. The second-order valence-electron chi connectivity index (χ2n) is 5.62. The van der Waals surface area contributed by atoms with Gasteiger partial charge < -0.3 is 0 Å². The third-order valence-corrected chi connectivity index (χ3v) is 5.60. The number of rotatable bonds is 5. The first-order chi connectivity index (χ1) is 10.0. The van der Waals surface area contributed by atoms with Gasteiger partial charge in [0.15, 0.2) is 0 Å². The minimum atomic E-state index is 0.151. The Bertz CT molecular complexity index is 450. The van der Waals surface area contributed by atoms with Gasteiger partial charge in [-0.3, -0.25) is 0 Å². The molecule has 1 aliphatic carbocycles. The predicted molar refractivity (Wildman–Crippen MR) is 88.3 cm³/mol. The van der Waals surface area contributed by atoms with Gasteiger partial charge in [0.2, 0.25) is 0 Å². The third kappa shape index (κ3) is 4.11. The number of carbonyl (C=O) groups excluding carboxylic acids is 1. The Balaban J connectivity index is 2.09. The van der Waals surface area contributed by atoms with E-state index >= 15 is 0 Å². The van der Waals surface area contributed by atoms with Crippen LogP contribution in [0, 0.1) is 30.0 Å². The molecule has 1 fully saturated rings. The van der Waals surface area contributed by atoms with Crippen LogP contribution in [0.2, 0.25) is 0 Å². The van der Waals surface area contributed by atoms with E-state index in [1.54, 1.807) is 0 Å². The maximum atomic E-state index is 12.8. The van der Waals surface area contributed by atoms with Gasteiger partial charge in [0.05, 0.1) is 0 Å². The van der Waals surface area contributed by atoms with Crippen LogP contribution in [0.25, 0.3) is 0 Å². The summed E-state index contributed by atoms with van der Waals surface area (Å²) in [5.41, 5.74) is 0. The van der Waals surface area contributed by atoms with Crippen molar-refractivity contribution in [1.29, 1.82) is 0 Å². The Morgan fingerprint density at radius 2 is 1.62 bits per heavy atom. The van der Waals surface area contributed by atoms with Crippen LogP contribution >= 0.6 is 0 Å². The SMILES string of the molecule is CC(C)N(C(=O)[C]1[CH][CH][CH][C]1[Se]c1ccccc1)C(C)C. The zero-order chi connectivity index (χ0) is 15.4. The molecular weight excluding hydrogens is 325 g/mol. The molecule has 1 amide bonds. The second-order valence-corrected chi connectivity index (χ2v) is 7.96. The fourth-order valence-corrected chi connectivity index (χ4v) is 4.50. The van der Waals surface area contributed by atoms with Crippen LogP contribution in [0.5, 0.6) is 0 Å². The molecule has 0 aliphatic heterocycles. The van der Waals surface area contributed by atoms with Gasteiger partial charge in [-0.05, 0) is 0 Å². The number of nitrogens with zero attached hydrogens (tertiary/aromatic N) is 1. The van der Waals surface area contributed by atoms with Crippen LogP contribution in [-0.4, -0.2) is 37.8 Å². The molecule has 0 heterocycles. The molecule has 1 aromatic carbocycles. The molecule has 0 unspecified atom stereocenters. The van der Waals surface area contributed by atoms with E-state index in [9.17, 15) is 4.79 Å². The van der Waals surface area contributed by atoms with Crippen molar-refractivity contribution in [3.05, 3.63) is 60.3 Å². The van der Waals surface area contributed by atoms with Crippen molar-refractivity contribution >= 4 is 25.3 Å². The first-order valence-corrected chi connectivity index (χ1v) is 9.03. The van der Waals surface area contributed by atoms with Crippen LogP contribution < -0.4 is 4.46 Å². The summed E-state index contributed by atoms with van der Waals surface area (Å²) in [4.78, 5) is 16.0. The summed E-state index contributed by atoms with van der Waals surface area (Å²) < 4.78 is 1.30. The summed E-state index contributed by atoms with van der Waals surface area (Å²) in [5.74, 6) is 1.01. The number of hydrogen-bond acceptors (Lipinski definition) is 1. The second kappa shape index (κ2) is 7.47. The number of benzene rings is 1. The maximum absolute atomic E-state index is 12.8. The van der Waals surface area contributed by atoms with E-state index in [0.717, 1.165) is 5.92 Å². The van der Waals surface area contributed by atoms with Crippen molar-refractivity contribution in [1.82, 2.24) is 4.90 Å². The number of hydrogen-bond donors (Lipinski definition) is 0. The fourth-order valence-electron chi connectivity index (χ4n) is 2.49. The van der Waals surface area contributed by atoms with E-state index in [1.807, 2.05) is 23.8 Å². The van der Waals surface area contributed by atoms with Crippen LogP contribution in [0.15, 0.2) is 30.3 Å². The van der Waals surface area contributed by atoms with Crippen molar-refractivity contribution in [3.8, 4) is 0 Å². The van der Waals surface area contributed by atoms with Gasteiger partial charge in [-0.25, -0.2) is 0 Å². The Morgan fingerprint density at radius 1 is 1.00 bits per heavy atom. The molecule has 0 bridgehead atoms. The summed E-state index contributed by atoms with van der Waals surface area (Å²) in [6.45, 7) is 8.29. The van der Waals surface area contributed by atoms with E-state index in [1.165, 1.54) is 9.28 Å². The molecule has 1 saturated carbocycles. The fraction of sp³-hybridized carbons (Fsp3) is 0.333. The Hall–Kier alpha value is -0.791. The van der Waals surface area contributed by atoms with Crippen LogP contribution in [0.3, 0.4) is 0 Å². The van der Waals surface area contributed by atoms with Crippen molar-refractivity contribution in [2.75, 3.05) is 0 Å². The molecule has 2 nitrogen and oxygen atoms in total. The van der Waals surface area contributed by atoms with Crippen molar-refractivity contribution in [3.63, 3.8) is 0 Å². The normalized spacial score (nSPS) is 16.9. The molecule has 3 heteroatoms. The standard InChI is InChI=1S/C18H22NOSe/c1-13(2)19(14(3)4)18(20)16-11-8-12-17(16)21-15-9-6-5-7-10-15/h5-14H,1-4H3. The summed E-state index contributed by atoms with van der Waals surface area (Å²) in [6, 6.07) is 10.8. The van der Waals surface area contributed by atoms with E-state index in [2.05, 4.69) is 58.4 Å².